The topological polar surface area (TPSA) is 170 Å². The van der Waals surface area contributed by atoms with E-state index in [4.69, 9.17) is 18.9 Å². The highest BCUT2D eigenvalue weighted by Crippen LogP contribution is 2.62. The van der Waals surface area contributed by atoms with Gasteiger partial charge in [-0.1, -0.05) is 10.3 Å². The molecule has 12 heteroatoms. The summed E-state index contributed by atoms with van der Waals surface area (Å²) in [5.41, 5.74) is 0.110. The fraction of sp³-hybridized carbons (Fsp3) is 0.727. The maximum atomic E-state index is 12.8. The first-order valence-corrected chi connectivity index (χ1v) is 11.4. The van der Waals surface area contributed by atoms with Crippen molar-refractivity contribution < 1.29 is 48.5 Å². The third-order valence-electron chi connectivity index (χ3n) is 6.93. The molecule has 0 bridgehead atoms. The summed E-state index contributed by atoms with van der Waals surface area (Å²) in [5, 5.41) is 26.7. The number of esters is 4. The van der Waals surface area contributed by atoms with Crippen molar-refractivity contribution in [3.63, 3.8) is 0 Å². The van der Waals surface area contributed by atoms with Crippen molar-refractivity contribution in [2.75, 3.05) is 26.4 Å². The second-order valence-electron chi connectivity index (χ2n) is 8.26. The fourth-order valence-corrected chi connectivity index (χ4v) is 5.81. The summed E-state index contributed by atoms with van der Waals surface area (Å²) < 4.78 is 20.6. The summed E-state index contributed by atoms with van der Waals surface area (Å²) >= 11 is 0. The number of hydrogen-bond donors (Lipinski definition) is 2. The van der Waals surface area contributed by atoms with Gasteiger partial charge in [-0.25, -0.2) is 0 Å². The zero-order valence-corrected chi connectivity index (χ0v) is 19.5. The standard InChI is InChI=1S/C22H30N2O10/c1-5-31-19(25)13-9-10(14(13)20(26)32-6-2)18(24-30)12-11(17(9)23-29)15(21(27)33-7-3)16(12)22(28)34-8-4/h9-16,29-30H,5-8H2,1-4H3. The van der Waals surface area contributed by atoms with E-state index in [0.717, 1.165) is 0 Å². The number of oxime groups is 2. The molecule has 3 rings (SSSR count). The number of hydrogen-bond acceptors (Lipinski definition) is 12. The smallest absolute Gasteiger partial charge is 0.310 e. The Balaban J connectivity index is 2.10. The van der Waals surface area contributed by atoms with Gasteiger partial charge in [0.15, 0.2) is 0 Å². The van der Waals surface area contributed by atoms with E-state index in [2.05, 4.69) is 10.3 Å². The van der Waals surface area contributed by atoms with Crippen LogP contribution < -0.4 is 0 Å². The SMILES string of the molecule is CCOC(=O)C1C(C(=O)OCC)C2C(=NO)C3C(C(=O)OCC)C(C(=O)OCC)C3C(=NO)C12. The molecule has 0 aliphatic heterocycles. The Morgan fingerprint density at radius 2 is 0.765 bits per heavy atom. The Kier molecular flexibility index (Phi) is 7.78. The predicted octanol–water partition coefficient (Wildman–Crippen LogP) is 0.870. The van der Waals surface area contributed by atoms with Gasteiger partial charge < -0.3 is 29.4 Å². The number of fused-ring (bicyclic) bond motifs is 2. The van der Waals surface area contributed by atoms with Crippen LogP contribution in [0.1, 0.15) is 27.7 Å². The van der Waals surface area contributed by atoms with Crippen LogP contribution in [0.15, 0.2) is 10.3 Å². The first-order valence-electron chi connectivity index (χ1n) is 11.4. The van der Waals surface area contributed by atoms with E-state index < -0.39 is 71.2 Å². The molecule has 0 aromatic carbocycles. The Morgan fingerprint density at radius 1 is 0.559 bits per heavy atom. The molecule has 0 radical (unpaired) electrons. The lowest BCUT2D eigenvalue weighted by molar-refractivity contribution is -0.181. The molecular weight excluding hydrogens is 452 g/mol. The van der Waals surface area contributed by atoms with Crippen LogP contribution in [-0.4, -0.2) is 72.1 Å². The van der Waals surface area contributed by atoms with Gasteiger partial charge in [0, 0.05) is 23.7 Å². The van der Waals surface area contributed by atoms with Gasteiger partial charge in [-0.3, -0.25) is 19.2 Å². The molecule has 34 heavy (non-hydrogen) atoms. The van der Waals surface area contributed by atoms with Crippen molar-refractivity contribution in [1.82, 2.24) is 0 Å². The second kappa shape index (κ2) is 10.4. The largest absolute Gasteiger partial charge is 0.466 e. The van der Waals surface area contributed by atoms with Gasteiger partial charge in [-0.15, -0.1) is 0 Å². The Labute approximate surface area is 196 Å². The fourth-order valence-electron chi connectivity index (χ4n) is 5.81. The average molecular weight is 482 g/mol. The lowest BCUT2D eigenvalue weighted by Crippen LogP contribution is -2.73. The van der Waals surface area contributed by atoms with Crippen LogP contribution in [0.3, 0.4) is 0 Å². The molecule has 3 fully saturated rings. The van der Waals surface area contributed by atoms with E-state index in [1.807, 2.05) is 0 Å². The van der Waals surface area contributed by atoms with Crippen LogP contribution in [0, 0.1) is 47.3 Å². The minimum absolute atomic E-state index is 0.0528. The molecule has 8 unspecified atom stereocenters. The van der Waals surface area contributed by atoms with Crippen molar-refractivity contribution in [2.24, 2.45) is 57.7 Å². The van der Waals surface area contributed by atoms with Crippen molar-refractivity contribution in [1.29, 1.82) is 0 Å². The molecule has 0 aromatic rings. The lowest BCUT2D eigenvalue weighted by Gasteiger charge is -2.61. The summed E-state index contributed by atoms with van der Waals surface area (Å²) in [7, 11) is 0. The number of nitrogens with zero attached hydrogens (tertiary/aromatic N) is 2. The highest BCUT2D eigenvalue weighted by atomic mass is 16.5. The van der Waals surface area contributed by atoms with Gasteiger partial charge in [0.1, 0.15) is 0 Å². The van der Waals surface area contributed by atoms with E-state index in [-0.39, 0.29) is 37.9 Å². The van der Waals surface area contributed by atoms with E-state index in [1.54, 1.807) is 27.7 Å². The molecule has 188 valence electrons. The average Bonchev–Trinajstić information content (AvgIpc) is 2.76. The molecule has 0 spiro atoms. The normalized spacial score (nSPS) is 33.2. The van der Waals surface area contributed by atoms with E-state index in [0.29, 0.717) is 0 Å². The van der Waals surface area contributed by atoms with Crippen LogP contribution >= 0.6 is 0 Å². The summed E-state index contributed by atoms with van der Waals surface area (Å²) in [6.45, 7) is 6.65. The van der Waals surface area contributed by atoms with Gasteiger partial charge in [0.25, 0.3) is 0 Å². The van der Waals surface area contributed by atoms with Crippen LogP contribution in [0.5, 0.6) is 0 Å². The molecule has 8 atom stereocenters. The zero-order chi connectivity index (χ0) is 25.2. The van der Waals surface area contributed by atoms with Gasteiger partial charge in [-0.2, -0.15) is 0 Å². The Bertz CT molecular complexity index is 764. The molecule has 0 aromatic heterocycles. The third-order valence-corrected chi connectivity index (χ3v) is 6.93. The van der Waals surface area contributed by atoms with Crippen molar-refractivity contribution in [3.8, 4) is 0 Å². The minimum atomic E-state index is -1.07. The summed E-state index contributed by atoms with van der Waals surface area (Å²) in [6.07, 6.45) is 0. The van der Waals surface area contributed by atoms with Crippen LogP contribution in [0.4, 0.5) is 0 Å². The van der Waals surface area contributed by atoms with Crippen LogP contribution in [0.25, 0.3) is 0 Å². The number of carbonyl (C=O) groups excluding carboxylic acids is 4. The zero-order valence-electron chi connectivity index (χ0n) is 19.5. The van der Waals surface area contributed by atoms with Gasteiger partial charge >= 0.3 is 23.9 Å². The first kappa shape index (κ1) is 25.4. The molecular formula is C22H30N2O10. The Hall–Kier alpha value is -3.18. The van der Waals surface area contributed by atoms with Crippen molar-refractivity contribution in [3.05, 3.63) is 0 Å². The highest BCUT2D eigenvalue weighted by molar-refractivity contribution is 6.15. The van der Waals surface area contributed by atoms with Crippen molar-refractivity contribution in [2.45, 2.75) is 27.7 Å². The quantitative estimate of drug-likeness (QED) is 0.219. The maximum Gasteiger partial charge on any atom is 0.310 e. The number of ether oxygens (including phenoxy) is 4. The predicted molar refractivity (Wildman–Crippen MR) is 113 cm³/mol. The third kappa shape index (κ3) is 3.78. The van der Waals surface area contributed by atoms with Gasteiger partial charge in [-0.05, 0) is 27.7 Å². The summed E-state index contributed by atoms with van der Waals surface area (Å²) in [4.78, 5) is 51.2. The van der Waals surface area contributed by atoms with Crippen LogP contribution in [-0.2, 0) is 38.1 Å². The molecule has 12 nitrogen and oxygen atoms in total. The van der Waals surface area contributed by atoms with Gasteiger partial charge in [0.2, 0.25) is 0 Å². The molecule has 3 saturated carbocycles. The maximum absolute atomic E-state index is 12.8. The lowest BCUT2D eigenvalue weighted by atomic mass is 9.39. The molecule has 0 heterocycles. The number of rotatable bonds is 8. The van der Waals surface area contributed by atoms with E-state index in [9.17, 15) is 29.6 Å². The van der Waals surface area contributed by atoms with E-state index in [1.165, 1.54) is 0 Å². The molecule has 3 aliphatic rings. The summed E-state index contributed by atoms with van der Waals surface area (Å²) in [5.74, 6) is -10.6. The molecule has 0 amide bonds. The van der Waals surface area contributed by atoms with E-state index >= 15 is 0 Å². The van der Waals surface area contributed by atoms with Gasteiger partial charge in [0.05, 0.1) is 61.5 Å². The first-order chi connectivity index (χ1) is 16.3. The monoisotopic (exact) mass is 482 g/mol. The molecule has 3 aliphatic carbocycles. The van der Waals surface area contributed by atoms with Crippen LogP contribution in [0.2, 0.25) is 0 Å². The second-order valence-corrected chi connectivity index (χ2v) is 8.26. The highest BCUT2D eigenvalue weighted by Gasteiger charge is 2.74. The van der Waals surface area contributed by atoms with Crippen molar-refractivity contribution >= 4 is 35.3 Å². The Morgan fingerprint density at radius 3 is 0.912 bits per heavy atom. The number of carbonyl (C=O) groups is 4. The molecule has 0 saturated heterocycles. The minimum Gasteiger partial charge on any atom is -0.466 e. The molecule has 2 N–H and O–H groups in total. The summed E-state index contributed by atoms with van der Waals surface area (Å²) in [6, 6.07) is 0.